The third-order valence-corrected chi connectivity index (χ3v) is 5.90. The quantitative estimate of drug-likeness (QED) is 0.701. The molecule has 0 heterocycles. The van der Waals surface area contributed by atoms with Crippen LogP contribution in [0.1, 0.15) is 0 Å². The number of nitrogens with one attached hydrogen (secondary N) is 1. The highest BCUT2D eigenvalue weighted by atomic mass is 79.9. The van der Waals surface area contributed by atoms with Crippen molar-refractivity contribution in [2.24, 2.45) is 0 Å². The summed E-state index contributed by atoms with van der Waals surface area (Å²) in [5.74, 6) is 0. The molecule has 4 nitrogen and oxygen atoms in total. The second-order valence-electron chi connectivity index (χ2n) is 3.93. The van der Waals surface area contributed by atoms with Gasteiger partial charge in [-0.3, -0.25) is 4.72 Å². The minimum absolute atomic E-state index is 0.0849. The number of hydrogen-bond acceptors (Lipinski definition) is 3. The number of benzene rings is 2. The van der Waals surface area contributed by atoms with Crippen molar-refractivity contribution in [2.45, 2.75) is 4.90 Å². The van der Waals surface area contributed by atoms with Gasteiger partial charge >= 0.3 is 0 Å². The second kappa shape index (κ2) is 5.93. The molecule has 3 N–H and O–H groups in total. The van der Waals surface area contributed by atoms with Crippen LogP contribution in [0.3, 0.4) is 0 Å². The molecule has 0 aliphatic rings. The van der Waals surface area contributed by atoms with E-state index in [1.54, 1.807) is 24.3 Å². The van der Waals surface area contributed by atoms with Crippen molar-refractivity contribution in [2.75, 3.05) is 10.5 Å². The fraction of sp³-hybridized carbons (Fsp3) is 0. The van der Waals surface area contributed by atoms with Crippen LogP contribution in [0.5, 0.6) is 0 Å². The molecule has 0 spiro atoms. The average molecular weight is 441 g/mol. The third-order valence-electron chi connectivity index (χ3n) is 2.39. The number of nitrogens with two attached hydrogens (primary N) is 1. The molecule has 2 aromatic rings. The lowest BCUT2D eigenvalue weighted by atomic mass is 10.3. The van der Waals surface area contributed by atoms with Crippen LogP contribution in [0.2, 0.25) is 5.02 Å². The predicted octanol–water partition coefficient (Wildman–Crippen LogP) is 4.25. The Bertz CT molecular complexity index is 726. The third kappa shape index (κ3) is 3.46. The molecule has 20 heavy (non-hydrogen) atoms. The van der Waals surface area contributed by atoms with E-state index in [0.29, 0.717) is 25.3 Å². The van der Waals surface area contributed by atoms with Gasteiger partial charge in [-0.25, -0.2) is 8.42 Å². The number of hydrogen-bond donors (Lipinski definition) is 2. The van der Waals surface area contributed by atoms with Gasteiger partial charge in [-0.2, -0.15) is 0 Å². The van der Waals surface area contributed by atoms with E-state index >= 15 is 0 Å². The first kappa shape index (κ1) is 15.6. The van der Waals surface area contributed by atoms with Crippen LogP contribution < -0.4 is 10.5 Å². The summed E-state index contributed by atoms with van der Waals surface area (Å²) in [6, 6.07) is 9.43. The topological polar surface area (TPSA) is 72.2 Å². The van der Waals surface area contributed by atoms with Crippen molar-refractivity contribution in [3.8, 4) is 0 Å². The summed E-state index contributed by atoms with van der Waals surface area (Å²) < 4.78 is 28.0. The van der Waals surface area contributed by atoms with E-state index in [-0.39, 0.29) is 4.90 Å². The van der Waals surface area contributed by atoms with Gasteiger partial charge in [-0.05, 0) is 68.3 Å². The number of rotatable bonds is 3. The second-order valence-corrected chi connectivity index (χ2v) is 7.69. The molecule has 0 aromatic heterocycles. The Hall–Kier alpha value is -0.760. The van der Waals surface area contributed by atoms with Gasteiger partial charge in [0.05, 0.1) is 0 Å². The highest BCUT2D eigenvalue weighted by Crippen LogP contribution is 2.33. The molecular formula is C12H9Br2ClN2O2S. The fourth-order valence-electron chi connectivity index (χ4n) is 1.56. The number of nitrogen functional groups attached to an aromatic ring is 1. The summed E-state index contributed by atoms with van der Waals surface area (Å²) in [6.07, 6.45) is 0. The van der Waals surface area contributed by atoms with Crippen LogP contribution in [-0.2, 0) is 10.0 Å². The van der Waals surface area contributed by atoms with Gasteiger partial charge in [0.15, 0.2) is 0 Å². The molecule has 0 fully saturated rings. The van der Waals surface area contributed by atoms with Crippen molar-refractivity contribution in [3.05, 3.63) is 50.4 Å². The molecule has 8 heteroatoms. The lowest BCUT2D eigenvalue weighted by molar-refractivity contribution is 0.600. The van der Waals surface area contributed by atoms with E-state index in [1.165, 1.54) is 12.1 Å². The molecule has 0 bridgehead atoms. The summed E-state index contributed by atoms with van der Waals surface area (Å²) in [5.41, 5.74) is 6.53. The summed E-state index contributed by atoms with van der Waals surface area (Å²) in [7, 11) is -3.75. The first-order chi connectivity index (χ1) is 9.29. The molecule has 0 radical (unpaired) electrons. The molecule has 0 unspecified atom stereocenters. The summed E-state index contributed by atoms with van der Waals surface area (Å²) >= 11 is 12.2. The van der Waals surface area contributed by atoms with Crippen molar-refractivity contribution >= 4 is 64.9 Å². The maximum Gasteiger partial charge on any atom is 0.264 e. The SMILES string of the molecule is Nc1cc(Br)c(S(=O)(=O)Nc2ccc(Cl)cc2)c(Br)c1. The lowest BCUT2D eigenvalue weighted by Gasteiger charge is -2.12. The van der Waals surface area contributed by atoms with E-state index in [0.717, 1.165) is 0 Å². The summed E-state index contributed by atoms with van der Waals surface area (Å²) in [5, 5.41) is 0.530. The molecule has 2 aromatic carbocycles. The van der Waals surface area contributed by atoms with Crippen LogP contribution in [-0.4, -0.2) is 8.42 Å². The monoisotopic (exact) mass is 438 g/mol. The van der Waals surface area contributed by atoms with Gasteiger partial charge < -0.3 is 5.73 Å². The van der Waals surface area contributed by atoms with E-state index in [4.69, 9.17) is 17.3 Å². The van der Waals surface area contributed by atoms with Crippen molar-refractivity contribution in [1.82, 2.24) is 0 Å². The zero-order valence-electron chi connectivity index (χ0n) is 9.90. The Labute approximate surface area is 138 Å². The van der Waals surface area contributed by atoms with E-state index in [1.807, 2.05) is 0 Å². The minimum atomic E-state index is -3.75. The number of halogens is 3. The fourth-order valence-corrected chi connectivity index (χ4v) is 5.37. The normalized spacial score (nSPS) is 11.3. The summed E-state index contributed by atoms with van der Waals surface area (Å²) in [4.78, 5) is 0.0849. The molecule has 0 saturated heterocycles. The first-order valence-corrected chi connectivity index (χ1v) is 8.77. The Morgan fingerprint density at radius 2 is 1.55 bits per heavy atom. The first-order valence-electron chi connectivity index (χ1n) is 5.32. The lowest BCUT2D eigenvalue weighted by Crippen LogP contribution is -2.14. The molecule has 0 aliphatic carbocycles. The van der Waals surface area contributed by atoms with Gasteiger partial charge in [0.1, 0.15) is 4.90 Å². The Balaban J connectivity index is 2.43. The maximum absolute atomic E-state index is 12.4. The van der Waals surface area contributed by atoms with E-state index in [2.05, 4.69) is 36.6 Å². The Morgan fingerprint density at radius 1 is 1.05 bits per heavy atom. The van der Waals surface area contributed by atoms with Crippen molar-refractivity contribution in [3.63, 3.8) is 0 Å². The van der Waals surface area contributed by atoms with Gasteiger partial charge in [-0.1, -0.05) is 11.6 Å². The van der Waals surface area contributed by atoms with Crippen molar-refractivity contribution in [1.29, 1.82) is 0 Å². The smallest absolute Gasteiger partial charge is 0.264 e. The standard InChI is InChI=1S/C12H9Br2ClN2O2S/c13-10-5-8(16)6-11(14)12(10)20(18,19)17-9-3-1-7(15)2-4-9/h1-6,17H,16H2. The largest absolute Gasteiger partial charge is 0.399 e. The van der Waals surface area contributed by atoms with Crippen LogP contribution in [0.25, 0.3) is 0 Å². The van der Waals surface area contributed by atoms with Gasteiger partial charge in [0.2, 0.25) is 0 Å². The van der Waals surface area contributed by atoms with Gasteiger partial charge in [0.25, 0.3) is 10.0 Å². The van der Waals surface area contributed by atoms with Gasteiger partial charge in [0, 0.05) is 25.3 Å². The predicted molar refractivity (Wildman–Crippen MR) is 88.5 cm³/mol. The minimum Gasteiger partial charge on any atom is -0.399 e. The highest BCUT2D eigenvalue weighted by molar-refractivity contribution is 9.11. The zero-order chi connectivity index (χ0) is 14.9. The van der Waals surface area contributed by atoms with E-state index < -0.39 is 10.0 Å². The van der Waals surface area contributed by atoms with Crippen LogP contribution in [0.4, 0.5) is 11.4 Å². The van der Waals surface area contributed by atoms with Gasteiger partial charge in [-0.15, -0.1) is 0 Å². The highest BCUT2D eigenvalue weighted by Gasteiger charge is 2.21. The molecule has 0 atom stereocenters. The zero-order valence-corrected chi connectivity index (χ0v) is 14.6. The maximum atomic E-state index is 12.4. The van der Waals surface area contributed by atoms with Crippen LogP contribution in [0, 0.1) is 0 Å². The summed E-state index contributed by atoms with van der Waals surface area (Å²) in [6.45, 7) is 0. The molecule has 0 aliphatic heterocycles. The molecule has 2 rings (SSSR count). The van der Waals surface area contributed by atoms with Crippen LogP contribution in [0.15, 0.2) is 50.2 Å². The average Bonchev–Trinajstić information content (AvgIpc) is 2.30. The number of anilines is 2. The van der Waals surface area contributed by atoms with E-state index in [9.17, 15) is 8.42 Å². The van der Waals surface area contributed by atoms with Crippen LogP contribution >= 0.6 is 43.5 Å². The number of sulfonamides is 1. The van der Waals surface area contributed by atoms with Crippen molar-refractivity contribution < 1.29 is 8.42 Å². The molecular weight excluding hydrogens is 431 g/mol. The molecule has 106 valence electrons. The molecule has 0 amide bonds. The molecule has 0 saturated carbocycles. The Kier molecular flexibility index (Phi) is 4.63. The Morgan fingerprint density at radius 3 is 2.05 bits per heavy atom.